The molecule has 0 amide bonds. The zero-order chi connectivity index (χ0) is 18.6. The Bertz CT molecular complexity index is 1060. The molecule has 1 aromatic carbocycles. The van der Waals surface area contributed by atoms with Crippen molar-refractivity contribution < 1.29 is 9.90 Å². The predicted molar refractivity (Wildman–Crippen MR) is 110 cm³/mol. The Morgan fingerprint density at radius 1 is 1.07 bits per heavy atom. The van der Waals surface area contributed by atoms with Crippen LogP contribution in [0, 0.1) is 0 Å². The number of carbonyl (C=O) groups excluding carboxylic acids is 1. The lowest BCUT2D eigenvalue weighted by Crippen LogP contribution is -2.12. The monoisotopic (exact) mass is 395 g/mol. The maximum absolute atomic E-state index is 13.0. The van der Waals surface area contributed by atoms with Crippen molar-refractivity contribution in [3.05, 3.63) is 74.9 Å². The number of aliphatic hydroxyl groups excluding tert-OH is 1. The van der Waals surface area contributed by atoms with Crippen LogP contribution in [0.1, 0.15) is 26.5 Å². The standard InChI is InChI=1S/C20H17N3O2S2/c24-9-8-21-20-22-16-14(11-13-5-2-1-3-6-13)12-27-19(16)17(23-20)18(25)15-7-4-10-26-15/h1-7,10,12,24H,8-9,11H2,(H,21,22,23). The van der Waals surface area contributed by atoms with E-state index in [4.69, 9.17) is 5.11 Å². The molecule has 4 aromatic rings. The number of ketones is 1. The molecule has 2 N–H and O–H groups in total. The smallest absolute Gasteiger partial charge is 0.224 e. The van der Waals surface area contributed by atoms with Crippen LogP contribution in [0.15, 0.2) is 53.2 Å². The van der Waals surface area contributed by atoms with E-state index in [9.17, 15) is 4.79 Å². The first-order valence-electron chi connectivity index (χ1n) is 8.51. The molecule has 0 unspecified atom stereocenters. The van der Waals surface area contributed by atoms with Crippen molar-refractivity contribution in [1.82, 2.24) is 9.97 Å². The Morgan fingerprint density at radius 3 is 2.67 bits per heavy atom. The van der Waals surface area contributed by atoms with Crippen molar-refractivity contribution in [2.24, 2.45) is 0 Å². The van der Waals surface area contributed by atoms with Gasteiger partial charge in [0.1, 0.15) is 5.69 Å². The van der Waals surface area contributed by atoms with E-state index in [1.807, 2.05) is 35.0 Å². The van der Waals surface area contributed by atoms with Crippen molar-refractivity contribution >= 4 is 44.6 Å². The number of aliphatic hydroxyl groups is 1. The van der Waals surface area contributed by atoms with Gasteiger partial charge in [-0.2, -0.15) is 0 Å². The van der Waals surface area contributed by atoms with Crippen LogP contribution in [-0.4, -0.2) is 34.0 Å². The Balaban J connectivity index is 1.80. The van der Waals surface area contributed by atoms with Crippen molar-refractivity contribution in [3.63, 3.8) is 0 Å². The fourth-order valence-corrected chi connectivity index (χ4v) is 4.49. The summed E-state index contributed by atoms with van der Waals surface area (Å²) in [6.07, 6.45) is 0.740. The van der Waals surface area contributed by atoms with Gasteiger partial charge in [0.25, 0.3) is 0 Å². The molecule has 0 aliphatic rings. The summed E-state index contributed by atoms with van der Waals surface area (Å²) in [5, 5.41) is 16.0. The van der Waals surface area contributed by atoms with Gasteiger partial charge in [0.2, 0.25) is 11.7 Å². The van der Waals surface area contributed by atoms with E-state index in [1.54, 1.807) is 6.07 Å². The fourth-order valence-electron chi connectivity index (χ4n) is 2.83. The number of nitrogens with one attached hydrogen (secondary N) is 1. The van der Waals surface area contributed by atoms with E-state index in [0.29, 0.717) is 23.1 Å². The molecular weight excluding hydrogens is 378 g/mol. The molecule has 3 aromatic heterocycles. The third-order valence-corrected chi connectivity index (χ3v) is 5.97. The maximum atomic E-state index is 13.0. The second kappa shape index (κ2) is 7.96. The molecule has 0 aliphatic heterocycles. The molecule has 136 valence electrons. The molecule has 3 heterocycles. The highest BCUT2D eigenvalue weighted by Gasteiger charge is 2.21. The zero-order valence-corrected chi connectivity index (χ0v) is 16.0. The number of hydrogen-bond acceptors (Lipinski definition) is 7. The predicted octanol–water partition coefficient (Wildman–Crippen LogP) is 3.98. The summed E-state index contributed by atoms with van der Waals surface area (Å²) in [5.74, 6) is 0.265. The summed E-state index contributed by atoms with van der Waals surface area (Å²) in [6.45, 7) is 0.298. The van der Waals surface area contributed by atoms with E-state index in [0.717, 1.165) is 22.2 Å². The van der Waals surface area contributed by atoms with Gasteiger partial charge in [-0.25, -0.2) is 9.97 Å². The SMILES string of the molecule is O=C(c1cccs1)c1nc(NCCO)nc2c(Cc3ccccc3)csc12. The number of thiophene rings is 2. The summed E-state index contributed by atoms with van der Waals surface area (Å²) < 4.78 is 0.800. The minimum Gasteiger partial charge on any atom is -0.395 e. The number of carbonyl (C=O) groups is 1. The van der Waals surface area contributed by atoms with Gasteiger partial charge in [-0.1, -0.05) is 36.4 Å². The number of anilines is 1. The molecule has 0 atom stereocenters. The lowest BCUT2D eigenvalue weighted by Gasteiger charge is -2.07. The third kappa shape index (κ3) is 3.75. The Kier molecular flexibility index (Phi) is 5.24. The van der Waals surface area contributed by atoms with E-state index >= 15 is 0 Å². The van der Waals surface area contributed by atoms with E-state index in [-0.39, 0.29) is 12.4 Å². The number of nitrogens with zero attached hydrogens (tertiary/aromatic N) is 2. The largest absolute Gasteiger partial charge is 0.395 e. The number of fused-ring (bicyclic) bond motifs is 1. The average Bonchev–Trinajstić information content (AvgIpc) is 3.37. The lowest BCUT2D eigenvalue weighted by atomic mass is 10.1. The highest BCUT2D eigenvalue weighted by molar-refractivity contribution is 7.18. The normalized spacial score (nSPS) is 11.0. The van der Waals surface area contributed by atoms with Crippen molar-refractivity contribution in [3.8, 4) is 0 Å². The second-order valence-electron chi connectivity index (χ2n) is 5.95. The topological polar surface area (TPSA) is 75.1 Å². The highest BCUT2D eigenvalue weighted by Crippen LogP contribution is 2.31. The Labute approximate surface area is 164 Å². The zero-order valence-electron chi connectivity index (χ0n) is 14.4. The minimum absolute atomic E-state index is 0.0316. The second-order valence-corrected chi connectivity index (χ2v) is 7.78. The molecule has 0 aliphatic carbocycles. The summed E-state index contributed by atoms with van der Waals surface area (Å²) in [4.78, 5) is 22.7. The van der Waals surface area contributed by atoms with Gasteiger partial charge in [-0.05, 0) is 28.0 Å². The van der Waals surface area contributed by atoms with Gasteiger partial charge in [-0.3, -0.25) is 4.79 Å². The van der Waals surface area contributed by atoms with Crippen LogP contribution in [-0.2, 0) is 6.42 Å². The lowest BCUT2D eigenvalue weighted by molar-refractivity contribution is 0.104. The maximum Gasteiger partial charge on any atom is 0.224 e. The van der Waals surface area contributed by atoms with Gasteiger partial charge in [0.15, 0.2) is 0 Å². The molecular formula is C20H17N3O2S2. The van der Waals surface area contributed by atoms with Crippen LogP contribution in [0.2, 0.25) is 0 Å². The van der Waals surface area contributed by atoms with Crippen molar-refractivity contribution in [2.45, 2.75) is 6.42 Å². The van der Waals surface area contributed by atoms with Crippen LogP contribution < -0.4 is 5.32 Å². The molecule has 27 heavy (non-hydrogen) atoms. The summed E-state index contributed by atoms with van der Waals surface area (Å²) >= 11 is 2.90. The third-order valence-electron chi connectivity index (χ3n) is 4.08. The molecule has 7 heteroatoms. The van der Waals surface area contributed by atoms with Crippen LogP contribution >= 0.6 is 22.7 Å². The fraction of sp³-hybridized carbons (Fsp3) is 0.150. The number of hydrogen-bond donors (Lipinski definition) is 2. The van der Waals surface area contributed by atoms with Gasteiger partial charge in [0.05, 0.1) is 21.7 Å². The molecule has 0 saturated heterocycles. The van der Waals surface area contributed by atoms with Gasteiger partial charge in [0, 0.05) is 13.0 Å². The average molecular weight is 396 g/mol. The first kappa shape index (κ1) is 17.8. The molecule has 0 radical (unpaired) electrons. The first-order valence-corrected chi connectivity index (χ1v) is 10.3. The van der Waals surface area contributed by atoms with Crippen LogP contribution in [0.5, 0.6) is 0 Å². The Morgan fingerprint density at radius 2 is 1.93 bits per heavy atom. The number of benzene rings is 1. The summed E-state index contributed by atoms with van der Waals surface area (Å²) in [7, 11) is 0. The van der Waals surface area contributed by atoms with Gasteiger partial charge in [-0.15, -0.1) is 22.7 Å². The van der Waals surface area contributed by atoms with Crippen LogP contribution in [0.3, 0.4) is 0 Å². The molecule has 0 bridgehead atoms. The quantitative estimate of drug-likeness (QED) is 0.463. The van der Waals surface area contributed by atoms with Gasteiger partial charge >= 0.3 is 0 Å². The van der Waals surface area contributed by atoms with E-state index in [1.165, 1.54) is 28.2 Å². The van der Waals surface area contributed by atoms with Crippen molar-refractivity contribution in [2.75, 3.05) is 18.5 Å². The summed E-state index contributed by atoms with van der Waals surface area (Å²) in [6, 6.07) is 13.8. The molecule has 0 saturated carbocycles. The van der Waals surface area contributed by atoms with E-state index in [2.05, 4.69) is 27.4 Å². The van der Waals surface area contributed by atoms with Crippen LogP contribution in [0.4, 0.5) is 5.95 Å². The highest BCUT2D eigenvalue weighted by atomic mass is 32.1. The van der Waals surface area contributed by atoms with Crippen LogP contribution in [0.25, 0.3) is 10.2 Å². The van der Waals surface area contributed by atoms with Crippen molar-refractivity contribution in [1.29, 1.82) is 0 Å². The first-order chi connectivity index (χ1) is 13.3. The molecule has 0 spiro atoms. The minimum atomic E-state index is -0.0995. The number of rotatable bonds is 7. The Hall–Kier alpha value is -2.61. The molecule has 5 nitrogen and oxygen atoms in total. The number of aromatic nitrogens is 2. The molecule has 4 rings (SSSR count). The molecule has 0 fully saturated rings. The van der Waals surface area contributed by atoms with E-state index < -0.39 is 0 Å². The van der Waals surface area contributed by atoms with Gasteiger partial charge < -0.3 is 10.4 Å². The summed E-state index contributed by atoms with van der Waals surface area (Å²) in [5.41, 5.74) is 3.45.